The zero-order valence-corrected chi connectivity index (χ0v) is 18.3. The molecule has 0 radical (unpaired) electrons. The molecule has 0 amide bonds. The van der Waals surface area contributed by atoms with Gasteiger partial charge < -0.3 is 15.0 Å². The summed E-state index contributed by atoms with van der Waals surface area (Å²) in [7, 11) is 0. The Morgan fingerprint density at radius 1 is 1.14 bits per heavy atom. The molecule has 3 aliphatic rings. The van der Waals surface area contributed by atoms with E-state index >= 15 is 0 Å². The molecule has 1 aromatic rings. The number of hydrogen-bond donors (Lipinski definition) is 1. The number of cyclic esters (lactones) is 1. The van der Waals surface area contributed by atoms with E-state index in [4.69, 9.17) is 4.74 Å². The number of piperidine rings is 1. The smallest absolute Gasteiger partial charge is 0.312 e. The second-order valence-corrected chi connectivity index (χ2v) is 7.96. The molecule has 9 heteroatoms. The Hall–Kier alpha value is -1.15. The fourth-order valence-corrected chi connectivity index (χ4v) is 4.53. The first-order chi connectivity index (χ1) is 12.6. The quantitative estimate of drug-likeness (QED) is 0.730. The number of carbonyl (C=O) groups is 1. The van der Waals surface area contributed by atoms with Crippen LogP contribution < -0.4 is 10.2 Å². The average molecular weight is 432 g/mol. The standard InChI is InChI=1S/C19H29N5O2.2ClH/c1-14-15(2)21-13-22-17(14)24-9-7-23(8-10-24)12-16-11-19(18(25)26-16)3-5-20-6-4-19;;/h13,16,20H,3-12H2,1-2H3;2*1H. The van der Waals surface area contributed by atoms with E-state index in [0.717, 1.165) is 76.6 Å². The Labute approximate surface area is 179 Å². The molecule has 28 heavy (non-hydrogen) atoms. The third-order valence-corrected chi connectivity index (χ3v) is 6.33. The Morgan fingerprint density at radius 2 is 1.82 bits per heavy atom. The molecule has 3 fully saturated rings. The minimum absolute atomic E-state index is 0. The van der Waals surface area contributed by atoms with Crippen molar-refractivity contribution in [3.8, 4) is 0 Å². The van der Waals surface area contributed by atoms with Gasteiger partial charge in [0.2, 0.25) is 0 Å². The van der Waals surface area contributed by atoms with Gasteiger partial charge in [0.05, 0.1) is 5.41 Å². The lowest BCUT2D eigenvalue weighted by molar-refractivity contribution is -0.150. The summed E-state index contributed by atoms with van der Waals surface area (Å²) < 4.78 is 5.76. The predicted molar refractivity (Wildman–Crippen MR) is 114 cm³/mol. The monoisotopic (exact) mass is 431 g/mol. The maximum absolute atomic E-state index is 12.4. The molecule has 4 heterocycles. The normalized spacial score (nSPS) is 24.4. The Bertz CT molecular complexity index is 676. The zero-order chi connectivity index (χ0) is 18.1. The molecule has 158 valence electrons. The minimum atomic E-state index is -0.215. The summed E-state index contributed by atoms with van der Waals surface area (Å²) in [6.07, 6.45) is 4.43. The Kier molecular flexibility index (Phi) is 7.90. The van der Waals surface area contributed by atoms with Crippen molar-refractivity contribution in [2.45, 2.75) is 39.2 Å². The van der Waals surface area contributed by atoms with Gasteiger partial charge in [-0.25, -0.2) is 9.97 Å². The van der Waals surface area contributed by atoms with Crippen molar-refractivity contribution in [3.63, 3.8) is 0 Å². The molecule has 7 nitrogen and oxygen atoms in total. The molecule has 1 aromatic heterocycles. The SMILES string of the molecule is Cc1ncnc(N2CCN(CC3CC4(CCNCC4)C(=O)O3)CC2)c1C.Cl.Cl. The number of rotatable bonds is 3. The number of halogens is 2. The van der Waals surface area contributed by atoms with Crippen LogP contribution >= 0.6 is 24.8 Å². The summed E-state index contributed by atoms with van der Waals surface area (Å²) in [5, 5.41) is 3.35. The van der Waals surface area contributed by atoms with Crippen molar-refractivity contribution in [1.29, 1.82) is 0 Å². The van der Waals surface area contributed by atoms with Crippen molar-refractivity contribution in [1.82, 2.24) is 20.2 Å². The second-order valence-electron chi connectivity index (χ2n) is 7.96. The highest BCUT2D eigenvalue weighted by Gasteiger charge is 2.49. The molecular formula is C19H31Cl2N5O2. The van der Waals surface area contributed by atoms with Crippen LogP contribution in [0.1, 0.15) is 30.5 Å². The van der Waals surface area contributed by atoms with E-state index < -0.39 is 0 Å². The van der Waals surface area contributed by atoms with Crippen LogP contribution in [0.5, 0.6) is 0 Å². The third kappa shape index (κ3) is 4.53. The number of aryl methyl sites for hydroxylation is 1. The van der Waals surface area contributed by atoms with E-state index in [9.17, 15) is 4.79 Å². The average Bonchev–Trinajstić information content (AvgIpc) is 2.93. The van der Waals surface area contributed by atoms with Crippen molar-refractivity contribution in [2.75, 3.05) is 50.7 Å². The number of nitrogens with zero attached hydrogens (tertiary/aromatic N) is 4. The molecular weight excluding hydrogens is 401 g/mol. The van der Waals surface area contributed by atoms with E-state index in [1.165, 1.54) is 5.56 Å². The molecule has 0 aliphatic carbocycles. The van der Waals surface area contributed by atoms with Crippen LogP contribution in [0.25, 0.3) is 0 Å². The van der Waals surface area contributed by atoms with E-state index in [0.29, 0.717) is 0 Å². The van der Waals surface area contributed by atoms with Gasteiger partial charge in [-0.15, -0.1) is 24.8 Å². The number of anilines is 1. The molecule has 1 atom stereocenters. The topological polar surface area (TPSA) is 70.6 Å². The molecule has 0 saturated carbocycles. The number of hydrogen-bond acceptors (Lipinski definition) is 7. The molecule has 3 aliphatic heterocycles. The van der Waals surface area contributed by atoms with Gasteiger partial charge in [0.15, 0.2) is 0 Å². The number of nitrogens with one attached hydrogen (secondary N) is 1. The zero-order valence-electron chi connectivity index (χ0n) is 16.6. The van der Waals surface area contributed by atoms with Gasteiger partial charge >= 0.3 is 5.97 Å². The Morgan fingerprint density at radius 3 is 2.50 bits per heavy atom. The van der Waals surface area contributed by atoms with Crippen LogP contribution in [0.4, 0.5) is 5.82 Å². The highest BCUT2D eigenvalue weighted by Crippen LogP contribution is 2.41. The van der Waals surface area contributed by atoms with Gasteiger partial charge in [0, 0.05) is 50.4 Å². The van der Waals surface area contributed by atoms with Crippen LogP contribution in [0, 0.1) is 19.3 Å². The van der Waals surface area contributed by atoms with Crippen molar-refractivity contribution < 1.29 is 9.53 Å². The van der Waals surface area contributed by atoms with Crippen molar-refractivity contribution in [2.24, 2.45) is 5.41 Å². The fraction of sp³-hybridized carbons (Fsp3) is 0.737. The summed E-state index contributed by atoms with van der Waals surface area (Å²) >= 11 is 0. The van der Waals surface area contributed by atoms with Crippen molar-refractivity contribution >= 4 is 36.6 Å². The van der Waals surface area contributed by atoms with Crippen molar-refractivity contribution in [3.05, 3.63) is 17.6 Å². The van der Waals surface area contributed by atoms with E-state index in [2.05, 4.69) is 32.0 Å². The summed E-state index contributed by atoms with van der Waals surface area (Å²) in [5.74, 6) is 1.09. The summed E-state index contributed by atoms with van der Waals surface area (Å²) in [6, 6.07) is 0. The maximum atomic E-state index is 12.4. The Balaban J connectivity index is 0.00000140. The lowest BCUT2D eigenvalue weighted by Crippen LogP contribution is -2.49. The molecule has 1 unspecified atom stereocenters. The number of esters is 1. The van der Waals surface area contributed by atoms with Crippen LogP contribution in [0.15, 0.2) is 6.33 Å². The van der Waals surface area contributed by atoms with Gasteiger partial charge in [-0.1, -0.05) is 0 Å². The van der Waals surface area contributed by atoms with Gasteiger partial charge in [0.1, 0.15) is 18.2 Å². The van der Waals surface area contributed by atoms with E-state index in [-0.39, 0.29) is 42.3 Å². The van der Waals surface area contributed by atoms with E-state index in [1.807, 2.05) is 6.92 Å². The van der Waals surface area contributed by atoms with Crippen LogP contribution in [-0.4, -0.2) is 72.8 Å². The molecule has 3 saturated heterocycles. The highest BCUT2D eigenvalue weighted by molar-refractivity contribution is 5.85. The first kappa shape index (κ1) is 23.1. The van der Waals surface area contributed by atoms with Crippen LogP contribution in [0.2, 0.25) is 0 Å². The van der Waals surface area contributed by atoms with Gasteiger partial charge in [0.25, 0.3) is 0 Å². The largest absolute Gasteiger partial charge is 0.461 e. The number of carbonyl (C=O) groups excluding carboxylic acids is 1. The molecule has 1 N–H and O–H groups in total. The van der Waals surface area contributed by atoms with Gasteiger partial charge in [-0.2, -0.15) is 0 Å². The van der Waals surface area contributed by atoms with E-state index in [1.54, 1.807) is 6.33 Å². The van der Waals surface area contributed by atoms with Crippen LogP contribution in [-0.2, 0) is 9.53 Å². The fourth-order valence-electron chi connectivity index (χ4n) is 4.53. The lowest BCUT2D eigenvalue weighted by atomic mass is 9.76. The molecule has 4 rings (SSSR count). The number of piperazine rings is 1. The molecule has 1 spiro atoms. The molecule has 0 bridgehead atoms. The van der Waals surface area contributed by atoms with Gasteiger partial charge in [-0.3, -0.25) is 9.69 Å². The third-order valence-electron chi connectivity index (χ3n) is 6.33. The minimum Gasteiger partial charge on any atom is -0.461 e. The summed E-state index contributed by atoms with van der Waals surface area (Å²) in [4.78, 5) is 25.9. The second kappa shape index (κ2) is 9.57. The first-order valence-corrected chi connectivity index (χ1v) is 9.75. The predicted octanol–water partition coefficient (Wildman–Crippen LogP) is 1.74. The van der Waals surface area contributed by atoms with Gasteiger partial charge in [-0.05, 0) is 39.8 Å². The highest BCUT2D eigenvalue weighted by atomic mass is 35.5. The summed E-state index contributed by atoms with van der Waals surface area (Å²) in [6.45, 7) is 10.7. The number of ether oxygens (including phenoxy) is 1. The molecule has 0 aromatic carbocycles. The lowest BCUT2D eigenvalue weighted by Gasteiger charge is -2.37. The number of aromatic nitrogens is 2. The maximum Gasteiger partial charge on any atom is 0.312 e. The first-order valence-electron chi connectivity index (χ1n) is 9.75. The van der Waals surface area contributed by atoms with Crippen LogP contribution in [0.3, 0.4) is 0 Å². The summed E-state index contributed by atoms with van der Waals surface area (Å²) in [5.41, 5.74) is 1.99.